The van der Waals surface area contributed by atoms with Gasteiger partial charge in [-0.05, 0) is 19.9 Å². The third-order valence-corrected chi connectivity index (χ3v) is 2.22. The van der Waals surface area contributed by atoms with E-state index in [1.54, 1.807) is 12.1 Å². The van der Waals surface area contributed by atoms with Crippen LogP contribution in [-0.2, 0) is 4.74 Å². The highest BCUT2D eigenvalue weighted by Crippen LogP contribution is 2.21. The molecule has 0 aliphatic rings. The lowest BCUT2D eigenvalue weighted by molar-refractivity contribution is 0.0677. The summed E-state index contributed by atoms with van der Waals surface area (Å²) in [5.74, 6) is 0.123. The normalized spacial score (nSPS) is 12.9. The second kappa shape index (κ2) is 5.82. The zero-order chi connectivity index (χ0) is 12.1. The lowest BCUT2D eigenvalue weighted by atomic mass is 10.1. The van der Waals surface area contributed by atoms with Gasteiger partial charge in [-0.3, -0.25) is 0 Å². The first-order valence-corrected chi connectivity index (χ1v) is 5.25. The van der Waals surface area contributed by atoms with Crippen LogP contribution in [0.3, 0.4) is 0 Å². The largest absolute Gasteiger partial charge is 0.497 e. The summed E-state index contributed by atoms with van der Waals surface area (Å²) < 4.78 is 23.9. The van der Waals surface area contributed by atoms with Gasteiger partial charge in [0, 0.05) is 11.6 Å². The molecule has 0 radical (unpaired) electrons. The Morgan fingerprint density at radius 1 is 1.38 bits per heavy atom. The van der Waals surface area contributed by atoms with Crippen LogP contribution in [0.4, 0.5) is 4.39 Å². The van der Waals surface area contributed by atoms with Crippen molar-refractivity contribution in [3.8, 4) is 5.75 Å². The first-order chi connectivity index (χ1) is 7.54. The van der Waals surface area contributed by atoms with Gasteiger partial charge in [0.2, 0.25) is 0 Å². The molecule has 0 aromatic heterocycles. The van der Waals surface area contributed by atoms with Gasteiger partial charge in [0.05, 0.1) is 25.9 Å². The number of rotatable bonds is 5. The van der Waals surface area contributed by atoms with Gasteiger partial charge in [-0.1, -0.05) is 6.07 Å². The van der Waals surface area contributed by atoms with Crippen LogP contribution in [0.1, 0.15) is 25.5 Å². The number of ether oxygens (including phenoxy) is 2. The summed E-state index contributed by atoms with van der Waals surface area (Å²) in [6.45, 7) is 4.13. The number of nitrogens with two attached hydrogens (primary N) is 1. The molecule has 1 aromatic carbocycles. The smallest absolute Gasteiger partial charge is 0.131 e. The Bertz CT molecular complexity index is 342. The number of hydrogen-bond donors (Lipinski definition) is 1. The molecule has 16 heavy (non-hydrogen) atoms. The van der Waals surface area contributed by atoms with Crippen LogP contribution in [0.5, 0.6) is 5.75 Å². The average Bonchev–Trinajstić information content (AvgIpc) is 2.25. The van der Waals surface area contributed by atoms with Crippen LogP contribution in [0.15, 0.2) is 18.2 Å². The van der Waals surface area contributed by atoms with Gasteiger partial charge in [0.15, 0.2) is 0 Å². The van der Waals surface area contributed by atoms with E-state index in [-0.39, 0.29) is 11.9 Å². The van der Waals surface area contributed by atoms with Crippen molar-refractivity contribution < 1.29 is 13.9 Å². The van der Waals surface area contributed by atoms with Crippen LogP contribution in [0.2, 0.25) is 0 Å². The number of halogens is 1. The molecule has 0 bridgehead atoms. The van der Waals surface area contributed by atoms with Crippen molar-refractivity contribution in [3.63, 3.8) is 0 Å². The van der Waals surface area contributed by atoms with Gasteiger partial charge in [0.1, 0.15) is 11.6 Å². The van der Waals surface area contributed by atoms with E-state index in [0.29, 0.717) is 17.9 Å². The van der Waals surface area contributed by atoms with Crippen LogP contribution in [0.25, 0.3) is 0 Å². The summed E-state index contributed by atoms with van der Waals surface area (Å²) in [4.78, 5) is 0. The molecule has 1 aromatic rings. The predicted octanol–water partition coefficient (Wildman–Crippen LogP) is 2.26. The molecule has 4 heteroatoms. The van der Waals surface area contributed by atoms with Gasteiger partial charge in [-0.2, -0.15) is 0 Å². The van der Waals surface area contributed by atoms with Gasteiger partial charge in [-0.25, -0.2) is 4.39 Å². The fourth-order valence-electron chi connectivity index (χ4n) is 1.32. The lowest BCUT2D eigenvalue weighted by Crippen LogP contribution is -2.20. The second-order valence-corrected chi connectivity index (χ2v) is 3.88. The van der Waals surface area contributed by atoms with E-state index in [1.165, 1.54) is 13.2 Å². The van der Waals surface area contributed by atoms with Crippen molar-refractivity contribution in [2.24, 2.45) is 5.73 Å². The van der Waals surface area contributed by atoms with Crippen molar-refractivity contribution in [2.75, 3.05) is 13.7 Å². The molecule has 2 N–H and O–H groups in total. The third-order valence-electron chi connectivity index (χ3n) is 2.22. The Labute approximate surface area is 95.4 Å². The molecule has 1 atom stereocenters. The number of benzene rings is 1. The zero-order valence-electron chi connectivity index (χ0n) is 9.87. The Morgan fingerprint density at radius 2 is 2.06 bits per heavy atom. The maximum atomic E-state index is 13.6. The topological polar surface area (TPSA) is 44.5 Å². The van der Waals surface area contributed by atoms with E-state index in [2.05, 4.69) is 0 Å². The summed E-state index contributed by atoms with van der Waals surface area (Å²) in [5, 5.41) is 0. The van der Waals surface area contributed by atoms with Crippen molar-refractivity contribution in [3.05, 3.63) is 29.6 Å². The number of methoxy groups -OCH3 is 1. The molecule has 0 fully saturated rings. The molecule has 0 spiro atoms. The minimum Gasteiger partial charge on any atom is -0.497 e. The fourth-order valence-corrected chi connectivity index (χ4v) is 1.32. The van der Waals surface area contributed by atoms with E-state index < -0.39 is 6.04 Å². The van der Waals surface area contributed by atoms with E-state index in [0.717, 1.165) is 0 Å². The average molecular weight is 227 g/mol. The van der Waals surface area contributed by atoms with Crippen LogP contribution < -0.4 is 10.5 Å². The Balaban J connectivity index is 2.71. The lowest BCUT2D eigenvalue weighted by Gasteiger charge is -2.15. The molecule has 1 rings (SSSR count). The third kappa shape index (κ3) is 3.47. The highest BCUT2D eigenvalue weighted by molar-refractivity contribution is 5.30. The van der Waals surface area contributed by atoms with E-state index in [4.69, 9.17) is 15.2 Å². The fraction of sp³-hybridized carbons (Fsp3) is 0.500. The molecular weight excluding hydrogens is 209 g/mol. The van der Waals surface area contributed by atoms with Crippen molar-refractivity contribution in [2.45, 2.75) is 26.0 Å². The molecular formula is C12H18FNO2. The number of hydrogen-bond acceptors (Lipinski definition) is 3. The quantitative estimate of drug-likeness (QED) is 0.839. The first kappa shape index (κ1) is 12.9. The summed E-state index contributed by atoms with van der Waals surface area (Å²) in [7, 11) is 1.50. The Hall–Kier alpha value is -1.13. The van der Waals surface area contributed by atoms with Crippen LogP contribution >= 0.6 is 0 Å². The molecule has 0 aliphatic heterocycles. The minimum atomic E-state index is -0.451. The van der Waals surface area contributed by atoms with Crippen LogP contribution in [-0.4, -0.2) is 19.8 Å². The summed E-state index contributed by atoms with van der Waals surface area (Å²) in [5.41, 5.74) is 6.28. The molecule has 0 amide bonds. The minimum absolute atomic E-state index is 0.0901. The molecule has 0 heterocycles. The van der Waals surface area contributed by atoms with Gasteiger partial charge in [0.25, 0.3) is 0 Å². The van der Waals surface area contributed by atoms with Crippen molar-refractivity contribution in [1.82, 2.24) is 0 Å². The summed E-state index contributed by atoms with van der Waals surface area (Å²) in [6, 6.07) is 4.19. The molecule has 90 valence electrons. The van der Waals surface area contributed by atoms with Gasteiger partial charge < -0.3 is 15.2 Å². The molecule has 0 aliphatic carbocycles. The van der Waals surface area contributed by atoms with E-state index in [9.17, 15) is 4.39 Å². The predicted molar refractivity (Wildman–Crippen MR) is 61.0 cm³/mol. The maximum Gasteiger partial charge on any atom is 0.131 e. The van der Waals surface area contributed by atoms with E-state index in [1.807, 2.05) is 13.8 Å². The monoisotopic (exact) mass is 227 g/mol. The van der Waals surface area contributed by atoms with Crippen molar-refractivity contribution in [1.29, 1.82) is 0 Å². The molecule has 0 saturated heterocycles. The second-order valence-electron chi connectivity index (χ2n) is 3.88. The van der Waals surface area contributed by atoms with Crippen LogP contribution in [0, 0.1) is 5.82 Å². The highest BCUT2D eigenvalue weighted by Gasteiger charge is 2.13. The Kier molecular flexibility index (Phi) is 4.71. The van der Waals surface area contributed by atoms with E-state index >= 15 is 0 Å². The zero-order valence-corrected chi connectivity index (χ0v) is 9.87. The maximum absolute atomic E-state index is 13.6. The SMILES string of the molecule is COc1ccc(C(N)COC(C)C)c(F)c1. The van der Waals surface area contributed by atoms with Gasteiger partial charge in [-0.15, -0.1) is 0 Å². The highest BCUT2D eigenvalue weighted by atomic mass is 19.1. The van der Waals surface area contributed by atoms with Gasteiger partial charge >= 0.3 is 0 Å². The first-order valence-electron chi connectivity index (χ1n) is 5.25. The molecule has 0 saturated carbocycles. The standard InChI is InChI=1S/C12H18FNO2/c1-8(2)16-7-12(14)10-5-4-9(15-3)6-11(10)13/h4-6,8,12H,7,14H2,1-3H3. The van der Waals surface area contributed by atoms with Crippen molar-refractivity contribution >= 4 is 0 Å². The molecule has 1 unspecified atom stereocenters. The Morgan fingerprint density at radius 3 is 2.56 bits per heavy atom. The summed E-state index contributed by atoms with van der Waals surface area (Å²) in [6.07, 6.45) is 0.0901. The molecule has 3 nitrogen and oxygen atoms in total. The summed E-state index contributed by atoms with van der Waals surface area (Å²) >= 11 is 0.